The number of carbonyl (C=O) groups is 1. The van der Waals surface area contributed by atoms with Gasteiger partial charge < -0.3 is 15.1 Å². The summed E-state index contributed by atoms with van der Waals surface area (Å²) >= 11 is 1.87. The SMILES string of the molecule is CN=C(NCC1CCN(C(C)=O)CC1)N(C)Cc1nc2c(s1)CCCC2.I. The van der Waals surface area contributed by atoms with E-state index in [1.807, 2.05) is 23.3 Å². The minimum absolute atomic E-state index is 0. The summed E-state index contributed by atoms with van der Waals surface area (Å²) in [5, 5.41) is 4.71. The Balaban J connectivity index is 0.00000261. The second kappa shape index (κ2) is 10.6. The first-order chi connectivity index (χ1) is 12.6. The van der Waals surface area contributed by atoms with Gasteiger partial charge in [0.2, 0.25) is 5.91 Å². The third-order valence-electron chi connectivity index (χ3n) is 5.44. The molecule has 0 radical (unpaired) electrons. The lowest BCUT2D eigenvalue weighted by Crippen LogP contribution is -2.44. The number of hydrogen-bond acceptors (Lipinski definition) is 4. The highest BCUT2D eigenvalue weighted by atomic mass is 127. The fraction of sp³-hybridized carbons (Fsp3) is 0.737. The maximum atomic E-state index is 11.4. The molecular formula is C19H32IN5OS. The fourth-order valence-corrected chi connectivity index (χ4v) is 5.03. The third kappa shape index (κ3) is 6.04. The molecule has 8 heteroatoms. The molecule has 2 aliphatic rings. The number of carbonyl (C=O) groups excluding carboxylic acids is 1. The van der Waals surface area contributed by atoms with E-state index < -0.39 is 0 Å². The molecule has 3 rings (SSSR count). The van der Waals surface area contributed by atoms with E-state index in [1.54, 1.807) is 6.92 Å². The van der Waals surface area contributed by atoms with Crippen LogP contribution in [0, 0.1) is 5.92 Å². The van der Waals surface area contributed by atoms with Crippen LogP contribution >= 0.6 is 35.3 Å². The molecule has 0 atom stereocenters. The summed E-state index contributed by atoms with van der Waals surface area (Å²) in [4.78, 5) is 26.3. The highest BCUT2D eigenvalue weighted by Crippen LogP contribution is 2.27. The number of amides is 1. The van der Waals surface area contributed by atoms with Gasteiger partial charge in [0, 0.05) is 45.5 Å². The average molecular weight is 505 g/mol. The number of thiazole rings is 1. The summed E-state index contributed by atoms with van der Waals surface area (Å²) in [6.45, 7) is 5.13. The fourth-order valence-electron chi connectivity index (χ4n) is 3.82. The Hall–Kier alpha value is -0.900. The molecule has 0 saturated carbocycles. The normalized spacial score (nSPS) is 17.9. The summed E-state index contributed by atoms with van der Waals surface area (Å²) in [6, 6.07) is 0. The Morgan fingerprint density at radius 2 is 2.04 bits per heavy atom. The van der Waals surface area contributed by atoms with Gasteiger partial charge in [0.25, 0.3) is 0 Å². The minimum Gasteiger partial charge on any atom is -0.356 e. The standard InChI is InChI=1S/C19H31N5OS.HI/c1-14(25)24-10-8-15(9-11-24)12-21-19(20-2)23(3)13-18-22-16-6-4-5-7-17(16)26-18;/h15H,4-13H2,1-3H3,(H,20,21);1H. The van der Waals surface area contributed by atoms with Crippen LogP contribution in [0.15, 0.2) is 4.99 Å². The van der Waals surface area contributed by atoms with Gasteiger partial charge in [-0.3, -0.25) is 9.79 Å². The first-order valence-electron chi connectivity index (χ1n) is 9.71. The van der Waals surface area contributed by atoms with Crippen molar-refractivity contribution >= 4 is 47.2 Å². The highest BCUT2D eigenvalue weighted by molar-refractivity contribution is 14.0. The van der Waals surface area contributed by atoms with Gasteiger partial charge in [-0.2, -0.15) is 0 Å². The molecule has 1 aromatic rings. The van der Waals surface area contributed by atoms with Crippen LogP contribution in [0.4, 0.5) is 0 Å². The summed E-state index contributed by atoms with van der Waals surface area (Å²) < 4.78 is 0. The summed E-state index contributed by atoms with van der Waals surface area (Å²) in [6.07, 6.45) is 7.04. The lowest BCUT2D eigenvalue weighted by atomic mass is 9.97. The number of piperidine rings is 1. The maximum Gasteiger partial charge on any atom is 0.219 e. The number of guanidine groups is 1. The number of nitrogens with zero attached hydrogens (tertiary/aromatic N) is 4. The largest absolute Gasteiger partial charge is 0.356 e. The van der Waals surface area contributed by atoms with Crippen LogP contribution in [0.2, 0.25) is 0 Å². The minimum atomic E-state index is 0. The Morgan fingerprint density at radius 1 is 1.33 bits per heavy atom. The van der Waals surface area contributed by atoms with Crippen LogP contribution in [0.3, 0.4) is 0 Å². The van der Waals surface area contributed by atoms with E-state index in [9.17, 15) is 4.79 Å². The first-order valence-corrected chi connectivity index (χ1v) is 10.5. The van der Waals surface area contributed by atoms with Crippen molar-refractivity contribution in [1.82, 2.24) is 20.1 Å². The molecule has 1 amide bonds. The molecule has 1 aliphatic heterocycles. The number of likely N-dealkylation sites (tertiary alicyclic amines) is 1. The molecule has 0 spiro atoms. The number of nitrogens with one attached hydrogen (secondary N) is 1. The van der Waals surface area contributed by atoms with Gasteiger partial charge in [-0.1, -0.05) is 0 Å². The Kier molecular flexibility index (Phi) is 8.78. The molecule has 0 unspecified atom stereocenters. The zero-order valence-corrected chi connectivity index (χ0v) is 19.8. The molecule has 1 saturated heterocycles. The zero-order chi connectivity index (χ0) is 18.5. The van der Waals surface area contributed by atoms with Gasteiger partial charge in [0.1, 0.15) is 5.01 Å². The molecule has 1 aliphatic carbocycles. The van der Waals surface area contributed by atoms with Gasteiger partial charge in [-0.25, -0.2) is 4.98 Å². The van der Waals surface area contributed by atoms with E-state index in [2.05, 4.69) is 22.3 Å². The monoisotopic (exact) mass is 505 g/mol. The second-order valence-electron chi connectivity index (χ2n) is 7.42. The van der Waals surface area contributed by atoms with Crippen molar-refractivity contribution in [3.63, 3.8) is 0 Å². The quantitative estimate of drug-likeness (QED) is 0.389. The number of hydrogen-bond donors (Lipinski definition) is 1. The van der Waals surface area contributed by atoms with Gasteiger partial charge in [-0.05, 0) is 44.4 Å². The average Bonchev–Trinajstić information content (AvgIpc) is 3.04. The van der Waals surface area contributed by atoms with E-state index >= 15 is 0 Å². The summed E-state index contributed by atoms with van der Waals surface area (Å²) in [5.41, 5.74) is 1.32. The highest BCUT2D eigenvalue weighted by Gasteiger charge is 2.21. The van der Waals surface area contributed by atoms with Crippen molar-refractivity contribution in [2.24, 2.45) is 10.9 Å². The van der Waals surface area contributed by atoms with E-state index in [4.69, 9.17) is 4.98 Å². The molecule has 152 valence electrons. The van der Waals surface area contributed by atoms with E-state index in [0.29, 0.717) is 5.92 Å². The van der Waals surface area contributed by atoms with Gasteiger partial charge in [0.05, 0.1) is 12.2 Å². The van der Waals surface area contributed by atoms with Crippen molar-refractivity contribution in [3.05, 3.63) is 15.6 Å². The molecule has 6 nitrogen and oxygen atoms in total. The number of fused-ring (bicyclic) bond motifs is 1. The van der Waals surface area contributed by atoms with Crippen LogP contribution < -0.4 is 5.32 Å². The molecular weight excluding hydrogens is 473 g/mol. The molecule has 1 aromatic heterocycles. The molecule has 1 fully saturated rings. The number of aryl methyl sites for hydroxylation is 2. The van der Waals surface area contributed by atoms with Crippen LogP contribution in [-0.2, 0) is 24.2 Å². The van der Waals surface area contributed by atoms with E-state index in [-0.39, 0.29) is 29.9 Å². The Labute approximate surface area is 183 Å². The summed E-state index contributed by atoms with van der Waals surface area (Å²) in [7, 11) is 3.91. The summed E-state index contributed by atoms with van der Waals surface area (Å²) in [5.74, 6) is 1.72. The van der Waals surface area contributed by atoms with Crippen LogP contribution in [-0.4, -0.2) is 60.4 Å². The Morgan fingerprint density at radius 3 is 2.67 bits per heavy atom. The topological polar surface area (TPSA) is 60.8 Å². The Bertz CT molecular complexity index is 631. The van der Waals surface area contributed by atoms with Gasteiger partial charge >= 0.3 is 0 Å². The zero-order valence-electron chi connectivity index (χ0n) is 16.7. The number of aliphatic imine (C=N–C) groups is 1. The maximum absolute atomic E-state index is 11.4. The van der Waals surface area contributed by atoms with Gasteiger partial charge in [0.15, 0.2) is 5.96 Å². The van der Waals surface area contributed by atoms with Crippen molar-refractivity contribution < 1.29 is 4.79 Å². The number of rotatable bonds is 4. The number of halogens is 1. The van der Waals surface area contributed by atoms with Crippen LogP contribution in [0.5, 0.6) is 0 Å². The van der Waals surface area contributed by atoms with Crippen molar-refractivity contribution in [2.45, 2.75) is 52.0 Å². The van der Waals surface area contributed by atoms with Gasteiger partial charge in [-0.15, -0.1) is 35.3 Å². The van der Waals surface area contributed by atoms with Crippen LogP contribution in [0.1, 0.15) is 48.2 Å². The molecule has 2 heterocycles. The van der Waals surface area contributed by atoms with E-state index in [1.165, 1.54) is 34.8 Å². The van der Waals surface area contributed by atoms with Crippen molar-refractivity contribution in [2.75, 3.05) is 33.7 Å². The first kappa shape index (κ1) is 22.4. The lowest BCUT2D eigenvalue weighted by Gasteiger charge is -2.32. The van der Waals surface area contributed by atoms with E-state index in [0.717, 1.165) is 51.4 Å². The lowest BCUT2D eigenvalue weighted by molar-refractivity contribution is -0.130. The predicted molar refractivity (Wildman–Crippen MR) is 122 cm³/mol. The molecule has 27 heavy (non-hydrogen) atoms. The smallest absolute Gasteiger partial charge is 0.219 e. The second-order valence-corrected chi connectivity index (χ2v) is 8.59. The molecule has 0 aromatic carbocycles. The predicted octanol–water partition coefficient (Wildman–Crippen LogP) is 2.91. The molecule has 1 N–H and O–H groups in total. The van der Waals surface area contributed by atoms with Crippen molar-refractivity contribution in [3.8, 4) is 0 Å². The molecule has 0 bridgehead atoms. The third-order valence-corrected chi connectivity index (χ3v) is 6.59. The van der Waals surface area contributed by atoms with Crippen LogP contribution in [0.25, 0.3) is 0 Å². The number of aromatic nitrogens is 1. The van der Waals surface area contributed by atoms with Crippen molar-refractivity contribution in [1.29, 1.82) is 0 Å².